The first-order chi connectivity index (χ1) is 15.3. The van der Waals surface area contributed by atoms with E-state index >= 15 is 0 Å². The lowest BCUT2D eigenvalue weighted by Crippen LogP contribution is -2.50. The molecule has 2 aliphatic rings. The van der Waals surface area contributed by atoms with Crippen LogP contribution in [-0.2, 0) is 17.8 Å². The number of hydrogen-bond acceptors (Lipinski definition) is 5. The zero-order valence-electron chi connectivity index (χ0n) is 17.7. The molecule has 0 atom stereocenters. The standard InChI is InChI=1S/C25H28N4OS/c30-24(29-12-6-10-20-7-4-5-11-23(20)29)18-28-15-13-27(14-16-28)17-22-19-31-25(26-22)21-8-2-1-3-9-21/h1-5,7-9,11,19H,6,10,12-18H2. The van der Waals surface area contributed by atoms with Gasteiger partial charge in [-0.05, 0) is 24.5 Å². The Morgan fingerprint density at radius 3 is 2.48 bits per heavy atom. The number of rotatable bonds is 5. The molecule has 5 nitrogen and oxygen atoms in total. The second-order valence-corrected chi connectivity index (χ2v) is 9.20. The Bertz CT molecular complexity index is 1030. The average molecular weight is 433 g/mol. The first kappa shape index (κ1) is 20.4. The van der Waals surface area contributed by atoms with Gasteiger partial charge in [-0.25, -0.2) is 4.98 Å². The number of benzene rings is 2. The smallest absolute Gasteiger partial charge is 0.241 e. The summed E-state index contributed by atoms with van der Waals surface area (Å²) in [6.07, 6.45) is 2.12. The zero-order valence-corrected chi connectivity index (χ0v) is 18.6. The number of anilines is 1. The molecular weight excluding hydrogens is 404 g/mol. The maximum Gasteiger partial charge on any atom is 0.241 e. The highest BCUT2D eigenvalue weighted by atomic mass is 32.1. The van der Waals surface area contributed by atoms with E-state index in [0.29, 0.717) is 6.54 Å². The second-order valence-electron chi connectivity index (χ2n) is 8.34. The van der Waals surface area contributed by atoms with E-state index in [9.17, 15) is 4.79 Å². The summed E-state index contributed by atoms with van der Waals surface area (Å²) in [4.78, 5) is 24.6. The number of hydrogen-bond donors (Lipinski definition) is 0. The minimum atomic E-state index is 0.229. The molecule has 5 rings (SSSR count). The van der Waals surface area contributed by atoms with Gasteiger partial charge in [-0.2, -0.15) is 0 Å². The van der Waals surface area contributed by atoms with Crippen LogP contribution in [0.25, 0.3) is 10.6 Å². The fourth-order valence-corrected chi connectivity index (χ4v) is 5.31. The molecule has 0 saturated carbocycles. The van der Waals surface area contributed by atoms with Gasteiger partial charge in [-0.3, -0.25) is 14.6 Å². The molecule has 3 aromatic rings. The molecule has 0 unspecified atom stereocenters. The Morgan fingerprint density at radius 2 is 1.65 bits per heavy atom. The normalized spacial score (nSPS) is 17.5. The Kier molecular flexibility index (Phi) is 6.11. The van der Waals surface area contributed by atoms with E-state index in [4.69, 9.17) is 4.98 Å². The predicted octanol–water partition coefficient (Wildman–Crippen LogP) is 3.91. The van der Waals surface area contributed by atoms with Crippen LogP contribution < -0.4 is 4.90 Å². The van der Waals surface area contributed by atoms with E-state index in [0.717, 1.165) is 68.5 Å². The van der Waals surface area contributed by atoms with Crippen molar-refractivity contribution in [3.8, 4) is 10.6 Å². The van der Waals surface area contributed by atoms with Crippen molar-refractivity contribution in [2.24, 2.45) is 0 Å². The topological polar surface area (TPSA) is 39.7 Å². The quantitative estimate of drug-likeness (QED) is 0.613. The lowest BCUT2D eigenvalue weighted by Gasteiger charge is -2.36. The van der Waals surface area contributed by atoms with Gasteiger partial charge in [0.25, 0.3) is 0 Å². The monoisotopic (exact) mass is 432 g/mol. The third kappa shape index (κ3) is 4.71. The van der Waals surface area contributed by atoms with Crippen LogP contribution in [0.4, 0.5) is 5.69 Å². The summed E-state index contributed by atoms with van der Waals surface area (Å²) in [5, 5.41) is 3.26. The molecule has 0 N–H and O–H groups in total. The van der Waals surface area contributed by atoms with Crippen LogP contribution in [0.5, 0.6) is 0 Å². The Balaban J connectivity index is 1.13. The number of carbonyl (C=O) groups excluding carboxylic acids is 1. The summed E-state index contributed by atoms with van der Waals surface area (Å²) in [7, 11) is 0. The number of para-hydroxylation sites is 1. The van der Waals surface area contributed by atoms with Gasteiger partial charge >= 0.3 is 0 Å². The zero-order chi connectivity index (χ0) is 21.0. The highest BCUT2D eigenvalue weighted by Crippen LogP contribution is 2.27. The van der Waals surface area contributed by atoms with Crippen molar-refractivity contribution in [2.75, 3.05) is 44.2 Å². The molecule has 0 bridgehead atoms. The average Bonchev–Trinajstić information content (AvgIpc) is 3.29. The van der Waals surface area contributed by atoms with E-state index in [1.54, 1.807) is 11.3 Å². The van der Waals surface area contributed by atoms with Crippen molar-refractivity contribution in [2.45, 2.75) is 19.4 Å². The van der Waals surface area contributed by atoms with Gasteiger partial charge in [0.1, 0.15) is 5.01 Å². The van der Waals surface area contributed by atoms with Gasteiger partial charge in [0.05, 0.1) is 12.2 Å². The van der Waals surface area contributed by atoms with Crippen molar-refractivity contribution in [1.29, 1.82) is 0 Å². The molecule has 1 amide bonds. The van der Waals surface area contributed by atoms with Crippen LogP contribution in [0.3, 0.4) is 0 Å². The maximum atomic E-state index is 13.0. The summed E-state index contributed by atoms with van der Waals surface area (Å²) in [5.41, 5.74) is 4.72. The van der Waals surface area contributed by atoms with Crippen molar-refractivity contribution in [3.63, 3.8) is 0 Å². The molecule has 0 aliphatic carbocycles. The lowest BCUT2D eigenvalue weighted by molar-refractivity contribution is -0.120. The summed E-state index contributed by atoms with van der Waals surface area (Å²) in [6.45, 7) is 6.03. The molecule has 0 radical (unpaired) electrons. The third-order valence-corrected chi connectivity index (χ3v) is 7.13. The van der Waals surface area contributed by atoms with Crippen molar-refractivity contribution >= 4 is 22.9 Å². The second kappa shape index (κ2) is 9.30. The molecule has 1 saturated heterocycles. The van der Waals surface area contributed by atoms with Gasteiger partial charge in [-0.1, -0.05) is 48.5 Å². The molecule has 6 heteroatoms. The summed E-state index contributed by atoms with van der Waals surface area (Å²) < 4.78 is 0. The number of amides is 1. The van der Waals surface area contributed by atoms with E-state index < -0.39 is 0 Å². The SMILES string of the molecule is O=C(CN1CCN(Cc2csc(-c3ccccc3)n2)CC1)N1CCCc2ccccc21. The van der Waals surface area contributed by atoms with Crippen LogP contribution in [-0.4, -0.2) is 60.0 Å². The van der Waals surface area contributed by atoms with Crippen molar-refractivity contribution < 1.29 is 4.79 Å². The number of aromatic nitrogens is 1. The van der Waals surface area contributed by atoms with E-state index in [1.807, 2.05) is 17.0 Å². The van der Waals surface area contributed by atoms with E-state index in [1.165, 1.54) is 11.1 Å². The largest absolute Gasteiger partial charge is 0.311 e. The van der Waals surface area contributed by atoms with E-state index in [2.05, 4.69) is 57.6 Å². The molecule has 160 valence electrons. The van der Waals surface area contributed by atoms with Gasteiger partial charge in [0.15, 0.2) is 0 Å². The molecule has 1 fully saturated rings. The Hall–Kier alpha value is -2.54. The van der Waals surface area contributed by atoms with Crippen molar-refractivity contribution in [1.82, 2.24) is 14.8 Å². The summed E-state index contributed by atoms with van der Waals surface area (Å²) in [6, 6.07) is 18.7. The molecule has 0 spiro atoms. The molecule has 2 aromatic carbocycles. The first-order valence-electron chi connectivity index (χ1n) is 11.1. The maximum absolute atomic E-state index is 13.0. The first-order valence-corrected chi connectivity index (χ1v) is 12.0. The molecule has 3 heterocycles. The minimum absolute atomic E-state index is 0.229. The van der Waals surface area contributed by atoms with E-state index in [-0.39, 0.29) is 5.91 Å². The summed E-state index contributed by atoms with van der Waals surface area (Å²) in [5.74, 6) is 0.229. The highest BCUT2D eigenvalue weighted by Gasteiger charge is 2.25. The van der Waals surface area contributed by atoms with Crippen molar-refractivity contribution in [3.05, 3.63) is 71.2 Å². The fraction of sp³-hybridized carbons (Fsp3) is 0.360. The number of thiazole rings is 1. The fourth-order valence-electron chi connectivity index (χ4n) is 4.50. The van der Waals surface area contributed by atoms with Crippen LogP contribution in [0.2, 0.25) is 0 Å². The number of nitrogens with zero attached hydrogens (tertiary/aromatic N) is 4. The van der Waals surface area contributed by atoms with Gasteiger partial charge in [-0.15, -0.1) is 11.3 Å². The van der Waals surface area contributed by atoms with Crippen LogP contribution >= 0.6 is 11.3 Å². The predicted molar refractivity (Wildman–Crippen MR) is 126 cm³/mol. The molecule has 31 heavy (non-hydrogen) atoms. The minimum Gasteiger partial charge on any atom is -0.311 e. The lowest BCUT2D eigenvalue weighted by atomic mass is 10.0. The summed E-state index contributed by atoms with van der Waals surface area (Å²) >= 11 is 1.71. The number of aryl methyl sites for hydroxylation is 1. The van der Waals surface area contributed by atoms with Gasteiger partial charge < -0.3 is 4.90 Å². The molecule has 2 aliphatic heterocycles. The molecule has 1 aromatic heterocycles. The number of piperazine rings is 1. The van der Waals surface area contributed by atoms with Gasteiger partial charge in [0, 0.05) is 55.9 Å². The highest BCUT2D eigenvalue weighted by molar-refractivity contribution is 7.13. The third-order valence-electron chi connectivity index (χ3n) is 6.19. The van der Waals surface area contributed by atoms with Crippen LogP contribution in [0, 0.1) is 0 Å². The number of fused-ring (bicyclic) bond motifs is 1. The van der Waals surface area contributed by atoms with Gasteiger partial charge in [0.2, 0.25) is 5.91 Å². The Labute approximate surface area is 187 Å². The molecular formula is C25H28N4OS. The van der Waals surface area contributed by atoms with Crippen LogP contribution in [0.15, 0.2) is 60.0 Å². The number of carbonyl (C=O) groups is 1. The van der Waals surface area contributed by atoms with Crippen LogP contribution in [0.1, 0.15) is 17.7 Å². The Morgan fingerprint density at radius 1 is 0.903 bits per heavy atom.